The minimum atomic E-state index is -0.876. The first-order chi connectivity index (χ1) is 16.0. The quantitative estimate of drug-likeness (QED) is 0.371. The molecule has 1 aliphatic heterocycles. The van der Waals surface area contributed by atoms with Gasteiger partial charge in [-0.25, -0.2) is 0 Å². The van der Waals surface area contributed by atoms with E-state index in [2.05, 4.69) is 10.2 Å². The Balaban J connectivity index is 1.61. The molecule has 0 aliphatic carbocycles. The van der Waals surface area contributed by atoms with E-state index in [1.807, 2.05) is 30.3 Å². The molecule has 2 aromatic carbocycles. The van der Waals surface area contributed by atoms with Gasteiger partial charge in [0, 0.05) is 0 Å². The number of ketones is 1. The molecule has 3 heterocycles. The average Bonchev–Trinajstić information content (AvgIpc) is 3.55. The Hall–Kier alpha value is -3.82. The summed E-state index contributed by atoms with van der Waals surface area (Å²) in [6.07, 6.45) is 0. The Morgan fingerprint density at radius 1 is 1.03 bits per heavy atom. The van der Waals surface area contributed by atoms with E-state index in [1.165, 1.54) is 27.6 Å². The summed E-state index contributed by atoms with van der Waals surface area (Å²) >= 11 is 2.46. The van der Waals surface area contributed by atoms with Crippen LogP contribution in [0.3, 0.4) is 0 Å². The number of anilines is 1. The molecular weight excluding hydrogens is 458 g/mol. The van der Waals surface area contributed by atoms with Crippen LogP contribution in [0.1, 0.15) is 26.3 Å². The number of benzene rings is 2. The summed E-state index contributed by atoms with van der Waals surface area (Å²) in [5, 5.41) is 21.6. The van der Waals surface area contributed by atoms with Crippen LogP contribution in [-0.4, -0.2) is 27.0 Å². The molecule has 1 amide bonds. The lowest BCUT2D eigenvalue weighted by atomic mass is 9.95. The summed E-state index contributed by atoms with van der Waals surface area (Å²) in [4.78, 5) is 28.2. The second kappa shape index (κ2) is 8.61. The van der Waals surface area contributed by atoms with Crippen LogP contribution in [0.4, 0.5) is 5.13 Å². The van der Waals surface area contributed by atoms with Gasteiger partial charge in [0.15, 0.2) is 5.76 Å². The summed E-state index contributed by atoms with van der Waals surface area (Å²) in [6.45, 7) is 1.77. The number of aromatic nitrogens is 2. The smallest absolute Gasteiger partial charge is 0.296 e. The van der Waals surface area contributed by atoms with E-state index in [9.17, 15) is 14.7 Å². The molecule has 0 saturated carbocycles. The van der Waals surface area contributed by atoms with Crippen LogP contribution >= 0.6 is 22.7 Å². The molecule has 4 aromatic rings. The monoisotopic (exact) mass is 475 g/mol. The zero-order valence-corrected chi connectivity index (χ0v) is 19.0. The third-order valence-electron chi connectivity index (χ3n) is 5.07. The number of carbonyl (C=O) groups excluding carboxylic acids is 2. The zero-order chi connectivity index (χ0) is 22.9. The number of ether oxygens (including phenoxy) is 1. The summed E-state index contributed by atoms with van der Waals surface area (Å²) in [5.74, 6) is -0.485. The Bertz CT molecular complexity index is 1360. The first-order valence-corrected chi connectivity index (χ1v) is 11.7. The van der Waals surface area contributed by atoms with Gasteiger partial charge in [-0.05, 0) is 48.2 Å². The van der Waals surface area contributed by atoms with Crippen molar-refractivity contribution in [1.82, 2.24) is 10.2 Å². The molecule has 0 spiro atoms. The molecule has 1 aliphatic rings. The first-order valence-electron chi connectivity index (χ1n) is 10.0. The normalized spacial score (nSPS) is 15.8. The van der Waals surface area contributed by atoms with E-state index < -0.39 is 23.5 Å². The van der Waals surface area contributed by atoms with E-state index in [0.717, 1.165) is 0 Å². The average molecular weight is 476 g/mol. The lowest BCUT2D eigenvalue weighted by molar-refractivity contribution is -0.117. The Kier molecular flexibility index (Phi) is 5.49. The van der Waals surface area contributed by atoms with Crippen molar-refractivity contribution in [3.63, 3.8) is 0 Å². The standard InChI is InChI=1S/C24H17N3O4S2/c1-14-25-26-24(33-14)27-20(19(22(29)23(27)30)21(28)18-11-6-12-32-18)15-7-5-10-17(13-15)31-16-8-3-2-4-9-16/h2-13,20,29H,1H3/t20-/m0/s1. The highest BCUT2D eigenvalue weighted by Crippen LogP contribution is 2.43. The highest BCUT2D eigenvalue weighted by atomic mass is 32.1. The van der Waals surface area contributed by atoms with Crippen molar-refractivity contribution < 1.29 is 19.4 Å². The van der Waals surface area contributed by atoms with Crippen LogP contribution in [0.5, 0.6) is 11.5 Å². The molecule has 0 unspecified atom stereocenters. The number of thiophene rings is 1. The minimum Gasteiger partial charge on any atom is -0.503 e. The fourth-order valence-corrected chi connectivity index (χ4v) is 5.04. The largest absolute Gasteiger partial charge is 0.503 e. The number of nitrogens with zero attached hydrogens (tertiary/aromatic N) is 3. The summed E-state index contributed by atoms with van der Waals surface area (Å²) < 4.78 is 5.96. The number of para-hydroxylation sites is 1. The zero-order valence-electron chi connectivity index (χ0n) is 17.3. The molecule has 7 nitrogen and oxygen atoms in total. The second-order valence-electron chi connectivity index (χ2n) is 7.24. The fourth-order valence-electron chi connectivity index (χ4n) is 3.65. The predicted octanol–water partition coefficient (Wildman–Crippen LogP) is 5.48. The second-order valence-corrected chi connectivity index (χ2v) is 9.35. The number of hydrogen-bond acceptors (Lipinski definition) is 8. The third kappa shape index (κ3) is 3.92. The lowest BCUT2D eigenvalue weighted by Crippen LogP contribution is -2.31. The van der Waals surface area contributed by atoms with E-state index in [0.29, 0.717) is 32.1 Å². The molecule has 1 N–H and O–H groups in total. The van der Waals surface area contributed by atoms with Gasteiger partial charge in [0.2, 0.25) is 10.9 Å². The van der Waals surface area contributed by atoms with Gasteiger partial charge in [0.25, 0.3) is 5.91 Å². The van der Waals surface area contributed by atoms with Crippen LogP contribution < -0.4 is 9.64 Å². The van der Waals surface area contributed by atoms with Crippen molar-refractivity contribution in [3.8, 4) is 11.5 Å². The molecule has 9 heteroatoms. The highest BCUT2D eigenvalue weighted by Gasteiger charge is 2.46. The highest BCUT2D eigenvalue weighted by molar-refractivity contribution is 7.15. The molecule has 0 saturated heterocycles. The Labute approximate surface area is 197 Å². The van der Waals surface area contributed by atoms with Crippen molar-refractivity contribution >= 4 is 39.5 Å². The molecule has 2 aromatic heterocycles. The fraction of sp³-hybridized carbons (Fsp3) is 0.0833. The number of carbonyl (C=O) groups is 2. The van der Waals surface area contributed by atoms with Crippen LogP contribution in [0, 0.1) is 6.92 Å². The summed E-state index contributed by atoms with van der Waals surface area (Å²) in [6, 6.07) is 19.0. The predicted molar refractivity (Wildman–Crippen MR) is 126 cm³/mol. The number of amides is 1. The van der Waals surface area contributed by atoms with E-state index in [1.54, 1.807) is 48.7 Å². The van der Waals surface area contributed by atoms with Crippen molar-refractivity contribution in [2.75, 3.05) is 4.90 Å². The molecule has 164 valence electrons. The van der Waals surface area contributed by atoms with Crippen molar-refractivity contribution in [3.05, 3.63) is 98.9 Å². The van der Waals surface area contributed by atoms with Gasteiger partial charge in [0.1, 0.15) is 16.5 Å². The number of rotatable bonds is 6. The topological polar surface area (TPSA) is 92.6 Å². The van der Waals surface area contributed by atoms with Crippen LogP contribution in [0.25, 0.3) is 0 Å². The third-order valence-corrected chi connectivity index (χ3v) is 6.78. The van der Waals surface area contributed by atoms with E-state index >= 15 is 0 Å². The number of aliphatic hydroxyl groups is 1. The van der Waals surface area contributed by atoms with Gasteiger partial charge in [0.05, 0.1) is 16.5 Å². The number of aryl methyl sites for hydroxylation is 1. The number of hydrogen-bond donors (Lipinski definition) is 1. The Morgan fingerprint density at radius 2 is 1.82 bits per heavy atom. The van der Waals surface area contributed by atoms with Gasteiger partial charge in [-0.3, -0.25) is 14.5 Å². The van der Waals surface area contributed by atoms with Crippen LogP contribution in [0.15, 0.2) is 83.4 Å². The van der Waals surface area contributed by atoms with Gasteiger partial charge < -0.3 is 9.84 Å². The van der Waals surface area contributed by atoms with Crippen molar-refractivity contribution in [2.24, 2.45) is 0 Å². The maximum Gasteiger partial charge on any atom is 0.296 e. The van der Waals surface area contributed by atoms with Gasteiger partial charge in [-0.1, -0.05) is 47.7 Å². The minimum absolute atomic E-state index is 0.00663. The number of Topliss-reactive ketones (excluding diaryl/α,β-unsaturated/α-hetero) is 1. The summed E-state index contributed by atoms with van der Waals surface area (Å²) in [5.41, 5.74) is 0.612. The van der Waals surface area contributed by atoms with Crippen molar-refractivity contribution in [2.45, 2.75) is 13.0 Å². The Morgan fingerprint density at radius 3 is 2.52 bits per heavy atom. The molecule has 1 atom stereocenters. The van der Waals surface area contributed by atoms with Crippen LogP contribution in [-0.2, 0) is 4.79 Å². The van der Waals surface area contributed by atoms with E-state index in [4.69, 9.17) is 4.74 Å². The SMILES string of the molecule is Cc1nnc(N2C(=O)C(O)=C(C(=O)c3cccs3)[C@@H]2c2cccc(Oc3ccccc3)c2)s1. The van der Waals surface area contributed by atoms with Crippen LogP contribution in [0.2, 0.25) is 0 Å². The summed E-state index contributed by atoms with van der Waals surface area (Å²) in [7, 11) is 0. The van der Waals surface area contributed by atoms with Gasteiger partial charge >= 0.3 is 0 Å². The van der Waals surface area contributed by atoms with Crippen molar-refractivity contribution in [1.29, 1.82) is 0 Å². The molecule has 33 heavy (non-hydrogen) atoms. The first kappa shape index (κ1) is 21.0. The van der Waals surface area contributed by atoms with E-state index in [-0.39, 0.29) is 5.57 Å². The lowest BCUT2D eigenvalue weighted by Gasteiger charge is -2.24. The molecule has 0 radical (unpaired) electrons. The maximum atomic E-state index is 13.4. The molecule has 0 fully saturated rings. The maximum absolute atomic E-state index is 13.4. The number of aliphatic hydroxyl groups excluding tert-OH is 1. The molecular formula is C24H17N3O4S2. The molecule has 0 bridgehead atoms. The van der Waals surface area contributed by atoms with Gasteiger partial charge in [-0.15, -0.1) is 21.5 Å². The van der Waals surface area contributed by atoms with Gasteiger partial charge in [-0.2, -0.15) is 0 Å². The molecule has 5 rings (SSSR count).